The lowest BCUT2D eigenvalue weighted by Gasteiger charge is -2.50. The molecule has 0 saturated heterocycles. The first-order chi connectivity index (χ1) is 34.1. The first-order valence-electron chi connectivity index (χ1n) is 24.8. The van der Waals surface area contributed by atoms with Gasteiger partial charge in [-0.25, -0.2) is 0 Å². The fourth-order valence-electron chi connectivity index (χ4n) is 13.0. The summed E-state index contributed by atoms with van der Waals surface area (Å²) >= 11 is 0. The van der Waals surface area contributed by atoms with Crippen molar-refractivity contribution in [2.24, 2.45) is 0 Å². The van der Waals surface area contributed by atoms with Crippen molar-refractivity contribution in [3.63, 3.8) is 0 Å². The van der Waals surface area contributed by atoms with Gasteiger partial charge >= 0.3 is 0 Å². The van der Waals surface area contributed by atoms with Crippen LogP contribution in [0.5, 0.6) is 0 Å². The van der Waals surface area contributed by atoms with Crippen molar-refractivity contribution in [3.05, 3.63) is 287 Å². The van der Waals surface area contributed by atoms with Crippen LogP contribution >= 0.6 is 0 Å². The van der Waals surface area contributed by atoms with Gasteiger partial charge in [0.05, 0.1) is 0 Å². The summed E-state index contributed by atoms with van der Waals surface area (Å²) in [7, 11) is 0. The average molecular weight is 884 g/mol. The molecule has 0 radical (unpaired) electrons. The summed E-state index contributed by atoms with van der Waals surface area (Å²) in [5.74, 6) is 0.121. The van der Waals surface area contributed by atoms with Gasteiger partial charge in [0.2, 0.25) is 0 Å². The number of para-hydroxylation sites is 2. The van der Waals surface area contributed by atoms with Gasteiger partial charge in [-0.3, -0.25) is 0 Å². The number of nitrogens with zero attached hydrogens (tertiary/aromatic N) is 1. The summed E-state index contributed by atoms with van der Waals surface area (Å²) in [6.45, 7) is 2.51. The summed E-state index contributed by atoms with van der Waals surface area (Å²) in [4.78, 5) is 2.41. The Hall–Kier alpha value is -8.00. The molecule has 0 N–H and O–H groups in total. The summed E-state index contributed by atoms with van der Waals surface area (Å²) in [5, 5.41) is 0. The summed E-state index contributed by atoms with van der Waals surface area (Å²) < 4.78 is 0. The number of rotatable bonds is 8. The highest BCUT2D eigenvalue weighted by Crippen LogP contribution is 2.64. The van der Waals surface area contributed by atoms with Gasteiger partial charge in [-0.1, -0.05) is 226 Å². The van der Waals surface area contributed by atoms with Crippen molar-refractivity contribution >= 4 is 45.9 Å². The van der Waals surface area contributed by atoms with Crippen LogP contribution in [0.3, 0.4) is 0 Å². The fourth-order valence-corrected chi connectivity index (χ4v) is 13.0. The van der Waals surface area contributed by atoms with E-state index in [-0.39, 0.29) is 16.7 Å². The van der Waals surface area contributed by atoms with Crippen LogP contribution in [0.15, 0.2) is 237 Å². The zero-order valence-corrected chi connectivity index (χ0v) is 39.0. The monoisotopic (exact) mass is 883 g/mol. The Morgan fingerprint density at radius 1 is 0.420 bits per heavy atom. The van der Waals surface area contributed by atoms with Crippen molar-refractivity contribution in [2.75, 3.05) is 4.90 Å². The molecule has 1 saturated carbocycles. The van der Waals surface area contributed by atoms with E-state index in [4.69, 9.17) is 0 Å². The lowest BCUT2D eigenvalue weighted by atomic mass is 9.52. The van der Waals surface area contributed by atoms with E-state index in [1.54, 1.807) is 0 Å². The van der Waals surface area contributed by atoms with Crippen LogP contribution in [0.1, 0.15) is 88.6 Å². The second-order valence-electron chi connectivity index (χ2n) is 19.7. The van der Waals surface area contributed by atoms with Crippen molar-refractivity contribution in [3.8, 4) is 22.3 Å². The first kappa shape index (κ1) is 41.2. The smallest absolute Gasteiger partial charge is 0.0465 e. The van der Waals surface area contributed by atoms with Gasteiger partial charge in [-0.15, -0.1) is 0 Å². The second-order valence-corrected chi connectivity index (χ2v) is 19.7. The average Bonchev–Trinajstić information content (AvgIpc) is 4.02. The van der Waals surface area contributed by atoms with E-state index in [0.717, 1.165) is 0 Å². The third kappa shape index (κ3) is 6.67. The maximum Gasteiger partial charge on any atom is 0.0465 e. The van der Waals surface area contributed by atoms with E-state index < -0.39 is 0 Å². The van der Waals surface area contributed by atoms with Gasteiger partial charge in [0.25, 0.3) is 0 Å². The van der Waals surface area contributed by atoms with Gasteiger partial charge in [0.15, 0.2) is 0 Å². The van der Waals surface area contributed by atoms with Crippen LogP contribution < -0.4 is 4.90 Å². The van der Waals surface area contributed by atoms with Gasteiger partial charge in [0.1, 0.15) is 0 Å². The number of hydrogen-bond donors (Lipinski definition) is 0. The molecule has 9 aromatic rings. The molecule has 0 aliphatic heterocycles. The Balaban J connectivity index is 0.878. The Labute approximate surface area is 407 Å². The Bertz CT molecular complexity index is 3440. The van der Waals surface area contributed by atoms with Crippen molar-refractivity contribution in [1.82, 2.24) is 0 Å². The van der Waals surface area contributed by atoms with Crippen LogP contribution in [0.25, 0.3) is 51.1 Å². The number of anilines is 3. The molecular weight excluding hydrogens is 831 g/mol. The molecular formula is C68H53N. The normalized spacial score (nSPS) is 18.3. The molecule has 330 valence electrons. The highest BCUT2D eigenvalue weighted by Gasteiger charge is 2.51. The highest BCUT2D eigenvalue weighted by atomic mass is 15.1. The van der Waals surface area contributed by atoms with Crippen LogP contribution in [0.2, 0.25) is 0 Å². The zero-order chi connectivity index (χ0) is 45.9. The molecule has 4 aliphatic rings. The van der Waals surface area contributed by atoms with E-state index in [1.807, 2.05) is 0 Å². The minimum atomic E-state index is -0.352. The molecule has 4 aliphatic carbocycles. The molecule has 0 heterocycles. The molecule has 9 aromatic carbocycles. The fraction of sp³-hybridized carbons (Fsp3) is 0.118. The van der Waals surface area contributed by atoms with Gasteiger partial charge in [0, 0.05) is 33.8 Å². The van der Waals surface area contributed by atoms with Crippen molar-refractivity contribution < 1.29 is 0 Å². The number of fused-ring (bicyclic) bond motifs is 11. The predicted octanol–water partition coefficient (Wildman–Crippen LogP) is 17.9. The molecule has 2 unspecified atom stereocenters. The third-order valence-corrected chi connectivity index (χ3v) is 16.0. The predicted molar refractivity (Wildman–Crippen MR) is 291 cm³/mol. The van der Waals surface area contributed by atoms with E-state index in [0.29, 0.717) is 0 Å². The topological polar surface area (TPSA) is 3.24 Å². The van der Waals surface area contributed by atoms with Gasteiger partial charge in [-0.2, -0.15) is 0 Å². The quantitative estimate of drug-likeness (QED) is 0.137. The van der Waals surface area contributed by atoms with Crippen LogP contribution in [-0.2, 0) is 10.8 Å². The summed E-state index contributed by atoms with van der Waals surface area (Å²) in [6, 6.07) is 85.8. The molecule has 1 nitrogen and oxygen atoms in total. The van der Waals surface area contributed by atoms with E-state index in [1.165, 1.54) is 132 Å². The minimum absolute atomic E-state index is 0.0259. The van der Waals surface area contributed by atoms with Crippen LogP contribution in [-0.4, -0.2) is 0 Å². The van der Waals surface area contributed by atoms with E-state index >= 15 is 0 Å². The second kappa shape index (κ2) is 16.7. The number of benzene rings is 9. The maximum atomic E-state index is 2.52. The van der Waals surface area contributed by atoms with Gasteiger partial charge in [-0.05, 0) is 144 Å². The standard InChI is InChI=1S/C68H53N/c1-67-62-31-17-16-29-56(62)55-28-14-15-30-59(55)66(67)61(49-20-6-2-7-21-49)46-60(65(67)51-22-8-3-9-23-51)50-37-34-47(35-38-50)32-33-48-36-40-57-58-41-39-54(45-64(58)68(63(57)44-48)42-18-19-43-68)69(52-24-10-4-11-25-52)53-26-12-5-13-27-53/h2-17,20-41,44-46,66H,18-19,42-43H2,1H3. The molecule has 2 atom stereocenters. The molecule has 1 fully saturated rings. The van der Waals surface area contributed by atoms with E-state index in [9.17, 15) is 0 Å². The van der Waals surface area contributed by atoms with Crippen molar-refractivity contribution in [2.45, 2.75) is 49.4 Å². The lowest BCUT2D eigenvalue weighted by molar-refractivity contribution is 0.550. The number of hydrogen-bond acceptors (Lipinski definition) is 1. The number of allylic oxidation sites excluding steroid dienone is 4. The zero-order valence-electron chi connectivity index (χ0n) is 39.0. The summed E-state index contributed by atoms with van der Waals surface area (Å²) in [5.41, 5.74) is 24.6. The molecule has 1 spiro atoms. The van der Waals surface area contributed by atoms with Crippen molar-refractivity contribution in [1.29, 1.82) is 0 Å². The largest absolute Gasteiger partial charge is 0.310 e. The molecule has 0 amide bonds. The first-order valence-corrected chi connectivity index (χ1v) is 24.8. The molecule has 1 heteroatoms. The SMILES string of the molecule is CC12C(c3ccccc3)=C(c3ccc(C=Cc4ccc5c(c4)C4(CCCC4)c4cc(N(c6ccccc6)c6ccccc6)ccc4-5)cc3)C=C(c3ccccc3)C1c1ccccc1-c1ccccc12. The third-order valence-electron chi connectivity index (χ3n) is 16.0. The Morgan fingerprint density at radius 2 is 0.942 bits per heavy atom. The molecule has 0 bridgehead atoms. The molecule has 13 rings (SSSR count). The molecule has 0 aromatic heterocycles. The Morgan fingerprint density at radius 3 is 1.62 bits per heavy atom. The van der Waals surface area contributed by atoms with Crippen LogP contribution in [0, 0.1) is 0 Å². The highest BCUT2D eigenvalue weighted by molar-refractivity contribution is 6.09. The van der Waals surface area contributed by atoms with E-state index in [2.05, 4.69) is 261 Å². The maximum absolute atomic E-state index is 2.52. The lowest BCUT2D eigenvalue weighted by Crippen LogP contribution is -2.38. The van der Waals surface area contributed by atoms with Gasteiger partial charge < -0.3 is 4.90 Å². The Kier molecular flexibility index (Phi) is 9.94. The summed E-state index contributed by atoms with van der Waals surface area (Å²) in [6.07, 6.45) is 12.0. The van der Waals surface area contributed by atoms with Crippen LogP contribution in [0.4, 0.5) is 17.1 Å². The minimum Gasteiger partial charge on any atom is -0.310 e. The molecule has 69 heavy (non-hydrogen) atoms.